The molecule has 2 aromatic carbocycles. The minimum Gasteiger partial charge on any atom is -0.346 e. The number of rotatable bonds is 5. The summed E-state index contributed by atoms with van der Waals surface area (Å²) in [6, 6.07) is 21.4. The zero-order valence-electron chi connectivity index (χ0n) is 19.2. The molecule has 0 bridgehead atoms. The summed E-state index contributed by atoms with van der Waals surface area (Å²) in [6.45, 7) is 5.76. The summed E-state index contributed by atoms with van der Waals surface area (Å²) in [5.74, 6) is 1.09. The van der Waals surface area contributed by atoms with E-state index in [4.69, 9.17) is 0 Å². The molecule has 0 saturated heterocycles. The highest BCUT2D eigenvalue weighted by atomic mass is 16.1. The normalized spacial score (nSPS) is 12.0. The fourth-order valence-electron chi connectivity index (χ4n) is 4.13. The van der Waals surface area contributed by atoms with Gasteiger partial charge in [-0.2, -0.15) is 4.98 Å². The maximum atomic E-state index is 14.1. The number of pyridine rings is 2. The van der Waals surface area contributed by atoms with E-state index in [9.17, 15) is 4.79 Å². The number of nitrogens with one attached hydrogen (secondary N) is 1. The third-order valence-corrected chi connectivity index (χ3v) is 5.79. The van der Waals surface area contributed by atoms with Crippen LogP contribution in [0.3, 0.4) is 0 Å². The standard InChI is InChI=1S/C27H24N6O/c1-17-12-13-21(15-28-17)23-11-7-8-20-14-24(18(2)31-27-30-16-29-19(3)32-27)33(26(34)25(20)23)22-9-5-4-6-10-22/h4-16,18H,1-3H3,(H,29,30,31,32)/t18-/m0/s1. The van der Waals surface area contributed by atoms with Crippen LogP contribution in [-0.2, 0) is 0 Å². The second kappa shape index (κ2) is 8.86. The Hall–Kier alpha value is -4.39. The highest BCUT2D eigenvalue weighted by molar-refractivity contribution is 5.96. The Morgan fingerprint density at radius 1 is 0.912 bits per heavy atom. The Bertz CT molecular complexity index is 1530. The smallest absolute Gasteiger partial charge is 0.263 e. The number of benzene rings is 2. The van der Waals surface area contributed by atoms with Crippen LogP contribution < -0.4 is 10.9 Å². The van der Waals surface area contributed by atoms with Gasteiger partial charge in [-0.15, -0.1) is 0 Å². The van der Waals surface area contributed by atoms with E-state index in [0.29, 0.717) is 17.2 Å². The number of aryl methyl sites for hydroxylation is 2. The predicted octanol–water partition coefficient (Wildman–Crippen LogP) is 5.03. The van der Waals surface area contributed by atoms with Crippen molar-refractivity contribution in [3.63, 3.8) is 0 Å². The second-order valence-corrected chi connectivity index (χ2v) is 8.23. The lowest BCUT2D eigenvalue weighted by Crippen LogP contribution is -2.26. The molecule has 0 saturated carbocycles. The molecule has 7 nitrogen and oxygen atoms in total. The Labute approximate surface area is 197 Å². The average Bonchev–Trinajstić information content (AvgIpc) is 2.84. The monoisotopic (exact) mass is 448 g/mol. The average molecular weight is 449 g/mol. The Morgan fingerprint density at radius 2 is 1.74 bits per heavy atom. The molecular weight excluding hydrogens is 424 g/mol. The Morgan fingerprint density at radius 3 is 2.47 bits per heavy atom. The van der Waals surface area contributed by atoms with Crippen molar-refractivity contribution in [3.8, 4) is 16.8 Å². The molecule has 5 aromatic rings. The first-order chi connectivity index (χ1) is 16.5. The molecule has 7 heteroatoms. The first kappa shape index (κ1) is 21.5. The summed E-state index contributed by atoms with van der Waals surface area (Å²) < 4.78 is 1.76. The Balaban J connectivity index is 1.74. The first-order valence-electron chi connectivity index (χ1n) is 11.1. The molecule has 5 rings (SSSR count). The SMILES string of the molecule is Cc1ccc(-c2cccc3cc([C@H](C)Nc4ncnc(C)n4)n(-c4ccccc4)c(=O)c23)cn1. The fraction of sp³-hybridized carbons (Fsp3) is 0.148. The quantitative estimate of drug-likeness (QED) is 0.406. The summed E-state index contributed by atoms with van der Waals surface area (Å²) in [4.78, 5) is 31.2. The van der Waals surface area contributed by atoms with Gasteiger partial charge in [0.25, 0.3) is 5.56 Å². The molecule has 0 aliphatic carbocycles. The van der Waals surface area contributed by atoms with Gasteiger partial charge in [-0.25, -0.2) is 9.97 Å². The van der Waals surface area contributed by atoms with Gasteiger partial charge in [0.1, 0.15) is 12.2 Å². The molecule has 0 unspecified atom stereocenters. The van der Waals surface area contributed by atoms with Crippen LogP contribution in [-0.4, -0.2) is 24.5 Å². The van der Waals surface area contributed by atoms with Crippen molar-refractivity contribution in [2.45, 2.75) is 26.8 Å². The van der Waals surface area contributed by atoms with Crippen LogP contribution in [0.5, 0.6) is 0 Å². The molecule has 0 spiro atoms. The zero-order chi connectivity index (χ0) is 23.7. The molecule has 3 heterocycles. The van der Waals surface area contributed by atoms with Crippen LogP contribution in [0.25, 0.3) is 27.6 Å². The molecule has 168 valence electrons. The third kappa shape index (κ3) is 4.03. The first-order valence-corrected chi connectivity index (χ1v) is 11.1. The third-order valence-electron chi connectivity index (χ3n) is 5.79. The van der Waals surface area contributed by atoms with Crippen LogP contribution in [0.4, 0.5) is 5.95 Å². The van der Waals surface area contributed by atoms with E-state index in [1.54, 1.807) is 4.57 Å². The largest absolute Gasteiger partial charge is 0.346 e. The van der Waals surface area contributed by atoms with E-state index in [2.05, 4.69) is 31.3 Å². The van der Waals surface area contributed by atoms with Crippen LogP contribution >= 0.6 is 0 Å². The molecule has 0 fully saturated rings. The maximum absolute atomic E-state index is 14.1. The van der Waals surface area contributed by atoms with Gasteiger partial charge in [0.05, 0.1) is 11.4 Å². The van der Waals surface area contributed by atoms with Gasteiger partial charge in [-0.05, 0) is 56.0 Å². The minimum absolute atomic E-state index is 0.0876. The van der Waals surface area contributed by atoms with E-state index in [0.717, 1.165) is 33.6 Å². The van der Waals surface area contributed by atoms with Crippen molar-refractivity contribution in [2.24, 2.45) is 0 Å². The topological polar surface area (TPSA) is 85.6 Å². The number of aromatic nitrogens is 5. The second-order valence-electron chi connectivity index (χ2n) is 8.23. The molecule has 0 aliphatic heterocycles. The molecular formula is C27H24N6O. The highest BCUT2D eigenvalue weighted by Gasteiger charge is 2.19. The lowest BCUT2D eigenvalue weighted by atomic mass is 9.98. The van der Waals surface area contributed by atoms with Gasteiger partial charge in [0.2, 0.25) is 5.95 Å². The van der Waals surface area contributed by atoms with Gasteiger partial charge in [0.15, 0.2) is 0 Å². The number of fused-ring (bicyclic) bond motifs is 1. The number of hydrogen-bond acceptors (Lipinski definition) is 6. The van der Waals surface area contributed by atoms with Gasteiger partial charge in [0, 0.05) is 28.8 Å². The van der Waals surface area contributed by atoms with Crippen molar-refractivity contribution in [1.82, 2.24) is 24.5 Å². The molecule has 34 heavy (non-hydrogen) atoms. The lowest BCUT2D eigenvalue weighted by Gasteiger charge is -2.21. The summed E-state index contributed by atoms with van der Waals surface area (Å²) in [5.41, 5.74) is 4.21. The number of anilines is 1. The van der Waals surface area contributed by atoms with Gasteiger partial charge in [-0.1, -0.05) is 42.5 Å². The maximum Gasteiger partial charge on any atom is 0.263 e. The van der Waals surface area contributed by atoms with Gasteiger partial charge < -0.3 is 5.32 Å². The van der Waals surface area contributed by atoms with Crippen molar-refractivity contribution < 1.29 is 0 Å². The van der Waals surface area contributed by atoms with E-state index >= 15 is 0 Å². The molecule has 1 N–H and O–H groups in total. The summed E-state index contributed by atoms with van der Waals surface area (Å²) in [7, 11) is 0. The van der Waals surface area contributed by atoms with Crippen molar-refractivity contribution in [3.05, 3.63) is 107 Å². The zero-order valence-corrected chi connectivity index (χ0v) is 19.2. The molecule has 1 atom stereocenters. The minimum atomic E-state index is -0.246. The van der Waals surface area contributed by atoms with E-state index in [1.165, 1.54) is 6.33 Å². The van der Waals surface area contributed by atoms with Crippen molar-refractivity contribution in [1.29, 1.82) is 0 Å². The number of nitrogens with zero attached hydrogens (tertiary/aromatic N) is 5. The molecule has 0 radical (unpaired) electrons. The molecule has 0 aliphatic rings. The number of hydrogen-bond donors (Lipinski definition) is 1. The molecule has 3 aromatic heterocycles. The van der Waals surface area contributed by atoms with Crippen molar-refractivity contribution >= 4 is 16.7 Å². The summed E-state index contributed by atoms with van der Waals surface area (Å²) in [6.07, 6.45) is 3.29. The van der Waals surface area contributed by atoms with Gasteiger partial charge >= 0.3 is 0 Å². The van der Waals surface area contributed by atoms with Crippen LogP contribution in [0, 0.1) is 13.8 Å². The van der Waals surface area contributed by atoms with E-state index in [1.807, 2.05) is 87.6 Å². The predicted molar refractivity (Wildman–Crippen MR) is 134 cm³/mol. The lowest BCUT2D eigenvalue weighted by molar-refractivity contribution is 0.763. The highest BCUT2D eigenvalue weighted by Crippen LogP contribution is 2.29. The van der Waals surface area contributed by atoms with E-state index in [-0.39, 0.29) is 11.6 Å². The van der Waals surface area contributed by atoms with Crippen molar-refractivity contribution in [2.75, 3.05) is 5.32 Å². The number of para-hydroxylation sites is 1. The van der Waals surface area contributed by atoms with Crippen LogP contribution in [0.2, 0.25) is 0 Å². The summed E-state index contributed by atoms with van der Waals surface area (Å²) in [5, 5.41) is 4.84. The van der Waals surface area contributed by atoms with Crippen LogP contribution in [0.1, 0.15) is 30.2 Å². The summed E-state index contributed by atoms with van der Waals surface area (Å²) >= 11 is 0. The van der Waals surface area contributed by atoms with E-state index < -0.39 is 0 Å². The Kier molecular flexibility index (Phi) is 5.59. The molecule has 0 amide bonds. The fourth-order valence-corrected chi connectivity index (χ4v) is 4.13. The van der Waals surface area contributed by atoms with Gasteiger partial charge in [-0.3, -0.25) is 14.3 Å². The van der Waals surface area contributed by atoms with Crippen LogP contribution in [0.15, 0.2) is 84.0 Å².